The van der Waals surface area contributed by atoms with Gasteiger partial charge in [-0.3, -0.25) is 9.69 Å². The van der Waals surface area contributed by atoms with Gasteiger partial charge < -0.3 is 4.74 Å². The third-order valence-corrected chi connectivity index (χ3v) is 3.22. The highest BCUT2D eigenvalue weighted by atomic mass is 19.2. The van der Waals surface area contributed by atoms with Gasteiger partial charge in [0.15, 0.2) is 17.4 Å². The second kappa shape index (κ2) is 8.45. The van der Waals surface area contributed by atoms with Gasteiger partial charge in [0.25, 0.3) is 0 Å². The Hall–Kier alpha value is -1.84. The number of Topliss-reactive ketones (excluding diaryl/α,β-unsaturated/α-hetero) is 1. The van der Waals surface area contributed by atoms with Crippen LogP contribution in [0.5, 0.6) is 0 Å². The number of halogens is 2. The molecular weight excluding hydrogens is 278 g/mol. The first-order valence-electron chi connectivity index (χ1n) is 6.60. The summed E-state index contributed by atoms with van der Waals surface area (Å²) >= 11 is 0. The van der Waals surface area contributed by atoms with Crippen LogP contribution in [0.25, 0.3) is 0 Å². The van der Waals surface area contributed by atoms with Crippen LogP contribution < -0.4 is 0 Å². The number of rotatable bonds is 8. The third kappa shape index (κ3) is 4.88. The maximum Gasteiger partial charge on any atom is 0.179 e. The first kappa shape index (κ1) is 17.2. The second-order valence-electron chi connectivity index (χ2n) is 4.61. The molecule has 0 fully saturated rings. The van der Waals surface area contributed by atoms with Crippen molar-refractivity contribution in [2.75, 3.05) is 26.8 Å². The first-order chi connectivity index (χ1) is 10.0. The van der Waals surface area contributed by atoms with E-state index < -0.39 is 17.7 Å². The Bertz CT molecular complexity index is 529. The molecule has 0 radical (unpaired) electrons. The van der Waals surface area contributed by atoms with Crippen molar-refractivity contribution in [1.82, 2.24) is 4.90 Å². The summed E-state index contributed by atoms with van der Waals surface area (Å²) < 4.78 is 31.1. The van der Waals surface area contributed by atoms with Crippen molar-refractivity contribution in [1.29, 1.82) is 5.26 Å². The lowest BCUT2D eigenvalue weighted by Crippen LogP contribution is -2.41. The summed E-state index contributed by atoms with van der Waals surface area (Å²) in [5, 5.41) is 8.66. The summed E-state index contributed by atoms with van der Waals surface area (Å²) in [4.78, 5) is 14.1. The van der Waals surface area contributed by atoms with Crippen molar-refractivity contribution < 1.29 is 18.3 Å². The summed E-state index contributed by atoms with van der Waals surface area (Å²) in [5.74, 6) is -2.35. The molecule has 21 heavy (non-hydrogen) atoms. The van der Waals surface area contributed by atoms with Crippen molar-refractivity contribution in [2.45, 2.75) is 19.4 Å². The summed E-state index contributed by atoms with van der Waals surface area (Å²) in [6.45, 7) is 2.99. The van der Waals surface area contributed by atoms with E-state index >= 15 is 0 Å². The number of carbonyl (C=O) groups is 1. The number of nitrogens with zero attached hydrogens (tertiary/aromatic N) is 2. The smallest absolute Gasteiger partial charge is 0.179 e. The van der Waals surface area contributed by atoms with Gasteiger partial charge in [0.05, 0.1) is 18.7 Å². The van der Waals surface area contributed by atoms with E-state index in [-0.39, 0.29) is 17.8 Å². The van der Waals surface area contributed by atoms with Crippen LogP contribution in [0.3, 0.4) is 0 Å². The molecule has 1 aromatic rings. The molecule has 0 aliphatic carbocycles. The Balaban J connectivity index is 2.85. The number of hydrogen-bond acceptors (Lipinski definition) is 4. The highest BCUT2D eigenvalue weighted by molar-refractivity contribution is 5.99. The molecule has 0 spiro atoms. The average Bonchev–Trinajstić information content (AvgIpc) is 2.49. The monoisotopic (exact) mass is 296 g/mol. The predicted octanol–water partition coefficient (Wildman–Crippen LogP) is 2.40. The van der Waals surface area contributed by atoms with Crippen molar-refractivity contribution >= 4 is 5.78 Å². The second-order valence-corrected chi connectivity index (χ2v) is 4.61. The van der Waals surface area contributed by atoms with Crippen molar-refractivity contribution in [3.8, 4) is 6.07 Å². The zero-order chi connectivity index (χ0) is 15.8. The molecule has 1 rings (SSSR count). The number of benzene rings is 1. The zero-order valence-electron chi connectivity index (χ0n) is 12.1. The molecule has 1 unspecified atom stereocenters. The molecule has 0 N–H and O–H groups in total. The van der Waals surface area contributed by atoms with E-state index in [4.69, 9.17) is 10.00 Å². The number of nitriles is 1. The molecule has 0 aliphatic heterocycles. The minimum atomic E-state index is -1.05. The highest BCUT2D eigenvalue weighted by Crippen LogP contribution is 2.13. The van der Waals surface area contributed by atoms with Crippen molar-refractivity contribution in [3.05, 3.63) is 35.4 Å². The van der Waals surface area contributed by atoms with E-state index in [1.165, 1.54) is 6.07 Å². The summed E-state index contributed by atoms with van der Waals surface area (Å²) in [6.07, 6.45) is 0.277. The SMILES string of the molecule is COCCN(CCC#N)C(C)C(=O)c1ccc(F)c(F)c1. The Labute approximate surface area is 122 Å². The summed E-state index contributed by atoms with van der Waals surface area (Å²) in [7, 11) is 1.55. The van der Waals surface area contributed by atoms with Gasteiger partial charge in [-0.1, -0.05) is 0 Å². The van der Waals surface area contributed by atoms with Crippen LogP contribution >= 0.6 is 0 Å². The van der Waals surface area contributed by atoms with E-state index in [9.17, 15) is 13.6 Å². The van der Waals surface area contributed by atoms with Crippen molar-refractivity contribution in [2.24, 2.45) is 0 Å². The quantitative estimate of drug-likeness (QED) is 0.691. The van der Waals surface area contributed by atoms with Gasteiger partial charge in [0.1, 0.15) is 0 Å². The van der Waals surface area contributed by atoms with Crippen LogP contribution in [-0.4, -0.2) is 43.5 Å². The van der Waals surface area contributed by atoms with E-state index in [0.717, 1.165) is 12.1 Å². The van der Waals surface area contributed by atoms with Gasteiger partial charge in [0, 0.05) is 32.2 Å². The van der Waals surface area contributed by atoms with Crippen LogP contribution in [0.1, 0.15) is 23.7 Å². The summed E-state index contributed by atoms with van der Waals surface area (Å²) in [5.41, 5.74) is 0.112. The molecule has 0 aliphatic rings. The molecule has 1 aromatic carbocycles. The lowest BCUT2D eigenvalue weighted by Gasteiger charge is -2.27. The molecule has 0 saturated heterocycles. The molecule has 4 nitrogen and oxygen atoms in total. The minimum absolute atomic E-state index is 0.112. The molecule has 1 atom stereocenters. The van der Waals surface area contributed by atoms with Gasteiger partial charge in [-0.2, -0.15) is 5.26 Å². The Morgan fingerprint density at radius 1 is 1.38 bits per heavy atom. The Morgan fingerprint density at radius 2 is 2.10 bits per heavy atom. The normalized spacial score (nSPS) is 12.2. The maximum atomic E-state index is 13.2. The number of carbonyl (C=O) groups excluding carboxylic acids is 1. The van der Waals surface area contributed by atoms with E-state index in [0.29, 0.717) is 19.7 Å². The van der Waals surface area contributed by atoms with Crippen LogP contribution in [0.15, 0.2) is 18.2 Å². The minimum Gasteiger partial charge on any atom is -0.383 e. The fourth-order valence-corrected chi connectivity index (χ4v) is 1.96. The fraction of sp³-hybridized carbons (Fsp3) is 0.467. The van der Waals surface area contributed by atoms with Crippen molar-refractivity contribution in [3.63, 3.8) is 0 Å². The van der Waals surface area contributed by atoms with E-state index in [2.05, 4.69) is 0 Å². The molecule has 0 heterocycles. The topological polar surface area (TPSA) is 53.3 Å². The largest absolute Gasteiger partial charge is 0.383 e. The number of hydrogen-bond donors (Lipinski definition) is 0. The molecule has 0 bridgehead atoms. The number of ketones is 1. The average molecular weight is 296 g/mol. The molecule has 6 heteroatoms. The molecule has 0 saturated carbocycles. The van der Waals surface area contributed by atoms with Gasteiger partial charge in [-0.05, 0) is 25.1 Å². The van der Waals surface area contributed by atoms with Crippen LogP contribution in [0.4, 0.5) is 8.78 Å². The van der Waals surface area contributed by atoms with Crippen LogP contribution in [-0.2, 0) is 4.74 Å². The molecule has 0 amide bonds. The van der Waals surface area contributed by atoms with Gasteiger partial charge in [0.2, 0.25) is 0 Å². The standard InChI is InChI=1S/C15H18F2N2O2/c1-11(19(7-3-6-18)8-9-21-2)15(20)12-4-5-13(16)14(17)10-12/h4-5,10-11H,3,7-9H2,1-2H3. The Morgan fingerprint density at radius 3 is 2.67 bits per heavy atom. The number of ether oxygens (including phenoxy) is 1. The first-order valence-corrected chi connectivity index (χ1v) is 6.60. The van der Waals surface area contributed by atoms with E-state index in [1.54, 1.807) is 18.9 Å². The molecule has 0 aromatic heterocycles. The Kier molecular flexibility index (Phi) is 6.92. The maximum absolute atomic E-state index is 13.2. The van der Waals surface area contributed by atoms with Gasteiger partial charge in [-0.15, -0.1) is 0 Å². The molecular formula is C15H18F2N2O2. The highest BCUT2D eigenvalue weighted by Gasteiger charge is 2.22. The van der Waals surface area contributed by atoms with Gasteiger partial charge >= 0.3 is 0 Å². The lowest BCUT2D eigenvalue weighted by atomic mass is 10.0. The fourth-order valence-electron chi connectivity index (χ4n) is 1.96. The van der Waals surface area contributed by atoms with Crippen LogP contribution in [0.2, 0.25) is 0 Å². The third-order valence-electron chi connectivity index (χ3n) is 3.22. The molecule has 114 valence electrons. The summed E-state index contributed by atoms with van der Waals surface area (Å²) in [6, 6.07) is 4.57. The lowest BCUT2D eigenvalue weighted by molar-refractivity contribution is 0.0780. The van der Waals surface area contributed by atoms with Gasteiger partial charge in [-0.25, -0.2) is 8.78 Å². The van der Waals surface area contributed by atoms with E-state index in [1.807, 2.05) is 6.07 Å². The predicted molar refractivity (Wildman–Crippen MR) is 73.8 cm³/mol. The zero-order valence-corrected chi connectivity index (χ0v) is 12.1. The van der Waals surface area contributed by atoms with Crippen LogP contribution in [0, 0.1) is 23.0 Å². The number of methoxy groups -OCH3 is 1.